The SMILES string of the molecule is NCCCC(=O)N1C(=O)COc2ccc(CN)cc21. The Hall–Kier alpha value is -1.92. The molecule has 0 unspecified atom stereocenters. The molecule has 6 heteroatoms. The van der Waals surface area contributed by atoms with Gasteiger partial charge in [-0.15, -0.1) is 0 Å². The molecule has 0 bridgehead atoms. The summed E-state index contributed by atoms with van der Waals surface area (Å²) in [7, 11) is 0. The van der Waals surface area contributed by atoms with E-state index in [0.29, 0.717) is 30.9 Å². The van der Waals surface area contributed by atoms with Crippen molar-refractivity contribution in [3.63, 3.8) is 0 Å². The maximum absolute atomic E-state index is 12.1. The Kier molecular flexibility index (Phi) is 4.13. The summed E-state index contributed by atoms with van der Waals surface area (Å²) in [5, 5.41) is 0. The number of ether oxygens (including phenoxy) is 1. The molecule has 1 aliphatic heterocycles. The zero-order valence-electron chi connectivity index (χ0n) is 10.6. The summed E-state index contributed by atoms with van der Waals surface area (Å²) >= 11 is 0. The van der Waals surface area contributed by atoms with Crippen LogP contribution in [0.25, 0.3) is 0 Å². The molecule has 2 rings (SSSR count). The fraction of sp³-hybridized carbons (Fsp3) is 0.385. The maximum Gasteiger partial charge on any atom is 0.271 e. The molecule has 0 radical (unpaired) electrons. The summed E-state index contributed by atoms with van der Waals surface area (Å²) in [6.07, 6.45) is 0.796. The summed E-state index contributed by atoms with van der Waals surface area (Å²) in [4.78, 5) is 25.1. The predicted octanol–water partition coefficient (Wildman–Crippen LogP) is 0.136. The number of carbonyl (C=O) groups is 2. The first-order valence-electron chi connectivity index (χ1n) is 6.19. The molecule has 2 amide bonds. The molecule has 4 N–H and O–H groups in total. The van der Waals surface area contributed by atoms with Crippen LogP contribution in [0.1, 0.15) is 18.4 Å². The van der Waals surface area contributed by atoms with Crippen molar-refractivity contribution in [3.8, 4) is 5.75 Å². The topological polar surface area (TPSA) is 98.7 Å². The lowest BCUT2D eigenvalue weighted by atomic mass is 10.1. The molecule has 1 heterocycles. The summed E-state index contributed by atoms with van der Waals surface area (Å²) in [5.41, 5.74) is 12.3. The lowest BCUT2D eigenvalue weighted by Gasteiger charge is -2.28. The maximum atomic E-state index is 12.1. The second-order valence-corrected chi connectivity index (χ2v) is 4.31. The van der Waals surface area contributed by atoms with Gasteiger partial charge in [-0.1, -0.05) is 6.07 Å². The van der Waals surface area contributed by atoms with Crippen LogP contribution in [0.3, 0.4) is 0 Å². The molecule has 1 aliphatic rings. The minimum Gasteiger partial charge on any atom is -0.482 e. The number of nitrogens with zero attached hydrogens (tertiary/aromatic N) is 1. The van der Waals surface area contributed by atoms with Crippen LogP contribution in [-0.4, -0.2) is 25.0 Å². The number of imide groups is 1. The van der Waals surface area contributed by atoms with Crippen LogP contribution in [-0.2, 0) is 16.1 Å². The second kappa shape index (κ2) is 5.81. The number of benzene rings is 1. The zero-order chi connectivity index (χ0) is 13.8. The third-order valence-corrected chi connectivity index (χ3v) is 2.94. The number of carbonyl (C=O) groups excluding carboxylic acids is 2. The van der Waals surface area contributed by atoms with Gasteiger partial charge < -0.3 is 16.2 Å². The molecule has 0 aromatic heterocycles. The van der Waals surface area contributed by atoms with Crippen LogP contribution in [0.2, 0.25) is 0 Å². The summed E-state index contributed by atoms with van der Waals surface area (Å²) in [6, 6.07) is 5.26. The molecule has 102 valence electrons. The third kappa shape index (κ3) is 2.74. The van der Waals surface area contributed by atoms with Gasteiger partial charge >= 0.3 is 0 Å². The number of amides is 2. The van der Waals surface area contributed by atoms with E-state index in [-0.39, 0.29) is 24.8 Å². The van der Waals surface area contributed by atoms with Crippen molar-refractivity contribution in [2.75, 3.05) is 18.1 Å². The van der Waals surface area contributed by atoms with Crippen molar-refractivity contribution >= 4 is 17.5 Å². The highest BCUT2D eigenvalue weighted by Crippen LogP contribution is 2.33. The molecule has 0 aliphatic carbocycles. The predicted molar refractivity (Wildman–Crippen MR) is 70.6 cm³/mol. The van der Waals surface area contributed by atoms with Crippen LogP contribution in [0.15, 0.2) is 18.2 Å². The molecule has 1 aromatic carbocycles. The number of fused-ring (bicyclic) bond motifs is 1. The highest BCUT2D eigenvalue weighted by molar-refractivity contribution is 6.17. The largest absolute Gasteiger partial charge is 0.482 e. The second-order valence-electron chi connectivity index (χ2n) is 4.31. The van der Waals surface area contributed by atoms with Gasteiger partial charge in [0.2, 0.25) is 5.91 Å². The molecule has 0 saturated heterocycles. The highest BCUT2D eigenvalue weighted by atomic mass is 16.5. The average molecular weight is 263 g/mol. The fourth-order valence-corrected chi connectivity index (χ4v) is 1.96. The molecule has 0 saturated carbocycles. The summed E-state index contributed by atoms with van der Waals surface area (Å²) in [6.45, 7) is 0.635. The Morgan fingerprint density at radius 3 is 2.84 bits per heavy atom. The highest BCUT2D eigenvalue weighted by Gasteiger charge is 2.30. The third-order valence-electron chi connectivity index (χ3n) is 2.94. The zero-order valence-corrected chi connectivity index (χ0v) is 10.6. The first kappa shape index (κ1) is 13.5. The first-order chi connectivity index (χ1) is 9.17. The number of nitrogens with two attached hydrogens (primary N) is 2. The van der Waals surface area contributed by atoms with Gasteiger partial charge in [-0.2, -0.15) is 0 Å². The van der Waals surface area contributed by atoms with E-state index in [2.05, 4.69) is 0 Å². The van der Waals surface area contributed by atoms with Crippen LogP contribution in [0, 0.1) is 0 Å². The van der Waals surface area contributed by atoms with Crippen LogP contribution in [0.4, 0.5) is 5.69 Å². The Morgan fingerprint density at radius 1 is 1.37 bits per heavy atom. The monoisotopic (exact) mass is 263 g/mol. The number of hydrogen-bond donors (Lipinski definition) is 2. The Balaban J connectivity index is 2.33. The van der Waals surface area contributed by atoms with Crippen molar-refractivity contribution in [3.05, 3.63) is 23.8 Å². The number of rotatable bonds is 4. The summed E-state index contributed by atoms with van der Waals surface area (Å²) < 4.78 is 5.31. The molecule has 0 spiro atoms. The Morgan fingerprint density at radius 2 is 2.16 bits per heavy atom. The van der Waals surface area contributed by atoms with Gasteiger partial charge in [0, 0.05) is 13.0 Å². The minimum atomic E-state index is -0.358. The summed E-state index contributed by atoms with van der Waals surface area (Å²) in [5.74, 6) is -0.0873. The normalized spacial score (nSPS) is 14.0. The van der Waals surface area contributed by atoms with E-state index in [0.717, 1.165) is 5.56 Å². The van der Waals surface area contributed by atoms with Gasteiger partial charge in [-0.3, -0.25) is 9.59 Å². The Bertz CT molecular complexity index is 502. The minimum absolute atomic E-state index is 0.122. The molecule has 0 atom stereocenters. The lowest BCUT2D eigenvalue weighted by molar-refractivity contribution is -0.128. The van der Waals surface area contributed by atoms with Crippen molar-refractivity contribution < 1.29 is 14.3 Å². The van der Waals surface area contributed by atoms with E-state index in [4.69, 9.17) is 16.2 Å². The van der Waals surface area contributed by atoms with E-state index < -0.39 is 0 Å². The van der Waals surface area contributed by atoms with Gasteiger partial charge in [0.25, 0.3) is 5.91 Å². The van der Waals surface area contributed by atoms with E-state index >= 15 is 0 Å². The standard InChI is InChI=1S/C13H17N3O3/c14-5-1-2-12(17)16-10-6-9(7-15)3-4-11(10)19-8-13(16)18/h3-4,6H,1-2,5,7-8,14-15H2. The van der Waals surface area contributed by atoms with Crippen LogP contribution in [0.5, 0.6) is 5.75 Å². The van der Waals surface area contributed by atoms with Crippen LogP contribution >= 0.6 is 0 Å². The average Bonchev–Trinajstić information content (AvgIpc) is 2.43. The van der Waals surface area contributed by atoms with Crippen molar-refractivity contribution in [2.45, 2.75) is 19.4 Å². The Labute approximate surface area is 111 Å². The fourth-order valence-electron chi connectivity index (χ4n) is 1.96. The van der Waals surface area contributed by atoms with Gasteiger partial charge in [0.1, 0.15) is 5.75 Å². The first-order valence-corrected chi connectivity index (χ1v) is 6.19. The molecule has 1 aromatic rings. The molecular weight excluding hydrogens is 246 g/mol. The van der Waals surface area contributed by atoms with Gasteiger partial charge in [0.15, 0.2) is 6.61 Å². The van der Waals surface area contributed by atoms with E-state index in [1.54, 1.807) is 12.1 Å². The van der Waals surface area contributed by atoms with Gasteiger partial charge in [-0.05, 0) is 30.7 Å². The smallest absolute Gasteiger partial charge is 0.271 e. The van der Waals surface area contributed by atoms with E-state index in [9.17, 15) is 9.59 Å². The molecule has 19 heavy (non-hydrogen) atoms. The van der Waals surface area contributed by atoms with Crippen molar-refractivity contribution in [1.82, 2.24) is 0 Å². The van der Waals surface area contributed by atoms with Crippen molar-refractivity contribution in [2.24, 2.45) is 11.5 Å². The number of hydrogen-bond acceptors (Lipinski definition) is 5. The van der Waals surface area contributed by atoms with E-state index in [1.807, 2.05) is 6.07 Å². The quantitative estimate of drug-likeness (QED) is 0.804. The van der Waals surface area contributed by atoms with Gasteiger partial charge in [-0.25, -0.2) is 4.90 Å². The number of anilines is 1. The molecule has 0 fully saturated rings. The lowest BCUT2D eigenvalue weighted by Crippen LogP contribution is -2.43. The van der Waals surface area contributed by atoms with E-state index in [1.165, 1.54) is 4.90 Å². The van der Waals surface area contributed by atoms with Crippen LogP contribution < -0.4 is 21.1 Å². The molecular formula is C13H17N3O3. The van der Waals surface area contributed by atoms with Crippen molar-refractivity contribution in [1.29, 1.82) is 0 Å². The molecule has 6 nitrogen and oxygen atoms in total. The van der Waals surface area contributed by atoms with Gasteiger partial charge in [0.05, 0.1) is 5.69 Å².